The molecule has 2 aromatic carbocycles. The van der Waals surface area contributed by atoms with Crippen molar-refractivity contribution in [2.24, 2.45) is 11.8 Å². The first-order valence-corrected chi connectivity index (χ1v) is 15.0. The Kier molecular flexibility index (Phi) is 8.77. The minimum absolute atomic E-state index is 0.00549. The van der Waals surface area contributed by atoms with Crippen molar-refractivity contribution < 1.29 is 36.9 Å². The number of hydrogen-bond acceptors (Lipinski definition) is 8. The van der Waals surface area contributed by atoms with E-state index in [1.807, 2.05) is 44.2 Å². The summed E-state index contributed by atoms with van der Waals surface area (Å²) in [5.74, 6) is -0.0310. The lowest BCUT2D eigenvalue weighted by Gasteiger charge is -2.31. The lowest BCUT2D eigenvalue weighted by molar-refractivity contribution is -0.0907. The zero-order valence-electron chi connectivity index (χ0n) is 22.6. The molecule has 2 aliphatic heterocycles. The maximum absolute atomic E-state index is 13.8. The number of aliphatic hydroxyl groups is 1. The molecular formula is C29H36N2O8S. The van der Waals surface area contributed by atoms with Crippen molar-refractivity contribution in [3.05, 3.63) is 66.4 Å². The second kappa shape index (κ2) is 12.3. The highest BCUT2D eigenvalue weighted by molar-refractivity contribution is 7.89. The van der Waals surface area contributed by atoms with Crippen LogP contribution in [-0.4, -0.2) is 74.8 Å². The first-order valence-electron chi connectivity index (χ1n) is 13.6. The molecule has 5 atom stereocenters. The smallest absolute Gasteiger partial charge is 0.407 e. The topological polar surface area (TPSA) is 128 Å². The molecule has 1 aromatic heterocycles. The maximum Gasteiger partial charge on any atom is 0.407 e. The van der Waals surface area contributed by atoms with Crippen molar-refractivity contribution in [2.75, 3.05) is 26.3 Å². The third-order valence-electron chi connectivity index (χ3n) is 7.33. The van der Waals surface area contributed by atoms with E-state index in [0.29, 0.717) is 17.6 Å². The molecule has 0 radical (unpaired) electrons. The lowest BCUT2D eigenvalue weighted by Crippen LogP contribution is -2.51. The summed E-state index contributed by atoms with van der Waals surface area (Å²) >= 11 is 0. The first-order chi connectivity index (χ1) is 19.2. The Bertz CT molecular complexity index is 1390. The fourth-order valence-corrected chi connectivity index (χ4v) is 6.95. The molecule has 11 heteroatoms. The van der Waals surface area contributed by atoms with Crippen LogP contribution >= 0.6 is 0 Å². The average Bonchev–Trinajstić information content (AvgIpc) is 3.66. The molecular weight excluding hydrogens is 536 g/mol. The van der Waals surface area contributed by atoms with Crippen molar-refractivity contribution in [1.82, 2.24) is 9.62 Å². The van der Waals surface area contributed by atoms with Crippen LogP contribution in [0, 0.1) is 11.8 Å². The molecule has 5 rings (SSSR count). The van der Waals surface area contributed by atoms with Crippen LogP contribution in [0.3, 0.4) is 0 Å². The molecule has 2 fully saturated rings. The summed E-state index contributed by atoms with van der Waals surface area (Å²) in [5.41, 5.74) is 1.46. The third-order valence-corrected chi connectivity index (χ3v) is 9.16. The van der Waals surface area contributed by atoms with Crippen LogP contribution in [-0.2, 0) is 30.7 Å². The molecule has 0 saturated carbocycles. The van der Waals surface area contributed by atoms with Crippen molar-refractivity contribution in [2.45, 2.75) is 56.1 Å². The van der Waals surface area contributed by atoms with Crippen LogP contribution in [0.2, 0.25) is 0 Å². The van der Waals surface area contributed by atoms with E-state index in [9.17, 15) is 18.3 Å². The molecule has 40 heavy (non-hydrogen) atoms. The molecule has 3 aromatic rings. The molecule has 1 amide bonds. The van der Waals surface area contributed by atoms with Gasteiger partial charge in [0.25, 0.3) is 0 Å². The highest BCUT2D eigenvalue weighted by Crippen LogP contribution is 2.33. The van der Waals surface area contributed by atoms with Gasteiger partial charge in [-0.2, -0.15) is 4.31 Å². The fourth-order valence-electron chi connectivity index (χ4n) is 5.29. The third kappa shape index (κ3) is 6.50. The summed E-state index contributed by atoms with van der Waals surface area (Å²) in [6, 6.07) is 15.0. The van der Waals surface area contributed by atoms with Gasteiger partial charge in [-0.1, -0.05) is 44.2 Å². The van der Waals surface area contributed by atoms with Gasteiger partial charge < -0.3 is 29.1 Å². The molecule has 10 nitrogen and oxygen atoms in total. The van der Waals surface area contributed by atoms with Crippen molar-refractivity contribution in [1.29, 1.82) is 0 Å². The van der Waals surface area contributed by atoms with E-state index in [4.69, 9.17) is 18.6 Å². The summed E-state index contributed by atoms with van der Waals surface area (Å²) in [7, 11) is -3.97. The van der Waals surface area contributed by atoms with Crippen LogP contribution < -0.4 is 5.32 Å². The predicted molar refractivity (Wildman–Crippen MR) is 147 cm³/mol. The largest absolute Gasteiger partial charge is 0.464 e. The van der Waals surface area contributed by atoms with E-state index in [0.717, 1.165) is 12.0 Å². The number of sulfonamides is 1. The van der Waals surface area contributed by atoms with Gasteiger partial charge in [0, 0.05) is 18.5 Å². The molecule has 2 unspecified atom stereocenters. The lowest BCUT2D eigenvalue weighted by atomic mass is 10.0. The molecule has 0 aliphatic carbocycles. The Hall–Kier alpha value is -2.96. The van der Waals surface area contributed by atoms with Gasteiger partial charge >= 0.3 is 6.09 Å². The van der Waals surface area contributed by atoms with Gasteiger partial charge in [-0.15, -0.1) is 0 Å². The Balaban J connectivity index is 1.34. The number of rotatable bonds is 11. The molecule has 0 spiro atoms. The van der Waals surface area contributed by atoms with Crippen LogP contribution in [0.5, 0.6) is 0 Å². The second-order valence-corrected chi connectivity index (χ2v) is 12.8. The highest BCUT2D eigenvalue weighted by atomic mass is 32.2. The quantitative estimate of drug-likeness (QED) is 0.357. The summed E-state index contributed by atoms with van der Waals surface area (Å²) in [4.78, 5) is 13.1. The standard InChI is InChI=1S/C29H36N2O8S/c1-19(2)16-31(40(34,35)22-8-9-26-21(15-22)10-12-36-26)17-25(32)24(14-20-6-4-3-5-7-20)30-29(33)39-27-18-38-28-23(27)11-13-37-28/h3-10,12,15,19,23-25,27-28,32H,11,13-14,16-18H2,1-2H3,(H,30,33)/t23?,24-,25+,27-,28?/m0/s1. The van der Waals surface area contributed by atoms with E-state index in [1.165, 1.54) is 16.6 Å². The Morgan fingerprint density at radius 3 is 2.70 bits per heavy atom. The van der Waals surface area contributed by atoms with Crippen LogP contribution in [0.1, 0.15) is 25.8 Å². The van der Waals surface area contributed by atoms with E-state index in [1.54, 1.807) is 18.2 Å². The van der Waals surface area contributed by atoms with E-state index in [2.05, 4.69) is 5.32 Å². The Labute approximate surface area is 234 Å². The van der Waals surface area contributed by atoms with Gasteiger partial charge in [0.15, 0.2) is 6.29 Å². The second-order valence-electron chi connectivity index (χ2n) is 10.8. The number of furan rings is 1. The van der Waals surface area contributed by atoms with Gasteiger partial charge in [0.05, 0.1) is 42.4 Å². The van der Waals surface area contributed by atoms with Gasteiger partial charge in [-0.05, 0) is 48.6 Å². The SMILES string of the molecule is CC(C)CN(C[C@@H](O)[C@H](Cc1ccccc1)NC(=O)O[C@H]1COC2OCCC21)S(=O)(=O)c1ccc2occc2c1. The number of nitrogens with one attached hydrogen (secondary N) is 1. The molecule has 0 bridgehead atoms. The number of benzene rings is 2. The minimum Gasteiger partial charge on any atom is -0.464 e. The fraction of sp³-hybridized carbons (Fsp3) is 0.483. The molecule has 2 saturated heterocycles. The number of alkyl carbamates (subject to hydrolysis) is 1. The Morgan fingerprint density at radius 2 is 1.93 bits per heavy atom. The van der Waals surface area contributed by atoms with E-state index in [-0.39, 0.29) is 49.1 Å². The minimum atomic E-state index is -3.97. The highest BCUT2D eigenvalue weighted by Gasteiger charge is 2.44. The number of carbonyl (C=O) groups is 1. The summed E-state index contributed by atoms with van der Waals surface area (Å²) < 4.78 is 50.9. The van der Waals surface area contributed by atoms with Crippen molar-refractivity contribution in [3.8, 4) is 0 Å². The van der Waals surface area contributed by atoms with Gasteiger partial charge in [0.1, 0.15) is 11.7 Å². The summed E-state index contributed by atoms with van der Waals surface area (Å²) in [5, 5.41) is 14.9. The van der Waals surface area contributed by atoms with Gasteiger partial charge in [-0.3, -0.25) is 0 Å². The van der Waals surface area contributed by atoms with E-state index < -0.39 is 34.4 Å². The number of hydrogen-bond donors (Lipinski definition) is 2. The number of aliphatic hydroxyl groups excluding tert-OH is 1. The van der Waals surface area contributed by atoms with Crippen molar-refractivity contribution in [3.63, 3.8) is 0 Å². The monoisotopic (exact) mass is 572 g/mol. The maximum atomic E-state index is 13.8. The van der Waals surface area contributed by atoms with E-state index >= 15 is 0 Å². The van der Waals surface area contributed by atoms with Crippen molar-refractivity contribution >= 4 is 27.1 Å². The van der Waals surface area contributed by atoms with Gasteiger partial charge in [-0.25, -0.2) is 13.2 Å². The normalized spacial score (nSPS) is 22.5. The zero-order valence-corrected chi connectivity index (χ0v) is 23.5. The van der Waals surface area contributed by atoms with Crippen LogP contribution in [0.15, 0.2) is 70.2 Å². The number of fused-ring (bicyclic) bond motifs is 2. The summed E-state index contributed by atoms with van der Waals surface area (Å²) in [6.45, 7) is 4.60. The molecule has 2 aliphatic rings. The first kappa shape index (κ1) is 28.6. The molecule has 3 heterocycles. The molecule has 2 N–H and O–H groups in total. The van der Waals surface area contributed by atoms with Gasteiger partial charge in [0.2, 0.25) is 10.0 Å². The predicted octanol–water partition coefficient (Wildman–Crippen LogP) is 3.54. The molecule has 216 valence electrons. The number of ether oxygens (including phenoxy) is 3. The van der Waals surface area contributed by atoms with Crippen LogP contribution in [0.25, 0.3) is 11.0 Å². The average molecular weight is 573 g/mol. The number of amides is 1. The Morgan fingerprint density at radius 1 is 1.12 bits per heavy atom. The summed E-state index contributed by atoms with van der Waals surface area (Å²) in [6.07, 6.45) is -0.189. The van der Waals surface area contributed by atoms with Crippen LogP contribution in [0.4, 0.5) is 4.79 Å². The number of nitrogens with zero attached hydrogens (tertiary/aromatic N) is 1. The number of carbonyl (C=O) groups excluding carboxylic acids is 1. The zero-order chi connectivity index (χ0) is 28.3.